The number of amides is 1. The van der Waals surface area contributed by atoms with Crippen molar-refractivity contribution < 1.29 is 9.90 Å². The highest BCUT2D eigenvalue weighted by molar-refractivity contribution is 5.97. The first-order valence-electron chi connectivity index (χ1n) is 6.29. The summed E-state index contributed by atoms with van der Waals surface area (Å²) in [7, 11) is 1.76. The van der Waals surface area contributed by atoms with Crippen LogP contribution in [0.4, 0.5) is 5.69 Å². The van der Waals surface area contributed by atoms with Crippen molar-refractivity contribution in [1.82, 2.24) is 14.7 Å². The minimum absolute atomic E-state index is 0.101. The lowest BCUT2D eigenvalue weighted by molar-refractivity contribution is 0.0781. The molecule has 102 valence electrons. The van der Waals surface area contributed by atoms with Gasteiger partial charge in [-0.2, -0.15) is 5.10 Å². The molecule has 3 N–H and O–H groups in total. The minimum Gasteiger partial charge on any atom is -0.396 e. The number of aliphatic hydroxyl groups excluding tert-OH is 1. The van der Waals surface area contributed by atoms with Crippen LogP contribution in [0.15, 0.2) is 6.20 Å². The Balaban J connectivity index is 2.60. The highest BCUT2D eigenvalue weighted by atomic mass is 16.2. The van der Waals surface area contributed by atoms with E-state index in [1.54, 1.807) is 16.6 Å². The smallest absolute Gasteiger partial charge is 0.274 e. The first kappa shape index (κ1) is 14.5. The number of aryl methyl sites for hydroxylation is 1. The molecule has 1 rings (SSSR count). The van der Waals surface area contributed by atoms with Crippen LogP contribution in [0.3, 0.4) is 0 Å². The van der Waals surface area contributed by atoms with Crippen molar-refractivity contribution in [2.24, 2.45) is 0 Å². The molecule has 0 spiro atoms. The largest absolute Gasteiger partial charge is 0.396 e. The molecule has 0 unspecified atom stereocenters. The van der Waals surface area contributed by atoms with E-state index >= 15 is 0 Å². The fraction of sp³-hybridized carbons (Fsp3) is 0.667. The molecule has 0 saturated carbocycles. The zero-order valence-electron chi connectivity index (χ0n) is 11.1. The average molecular weight is 254 g/mol. The number of anilines is 1. The fourth-order valence-corrected chi connectivity index (χ4v) is 1.79. The van der Waals surface area contributed by atoms with E-state index in [2.05, 4.69) is 5.10 Å². The average Bonchev–Trinajstić information content (AvgIpc) is 2.74. The van der Waals surface area contributed by atoms with Gasteiger partial charge in [-0.15, -0.1) is 0 Å². The fourth-order valence-electron chi connectivity index (χ4n) is 1.79. The van der Waals surface area contributed by atoms with Gasteiger partial charge in [0.15, 0.2) is 0 Å². The molecule has 1 amide bonds. The number of nitrogen functional groups attached to an aromatic ring is 1. The third-order valence-electron chi connectivity index (χ3n) is 2.87. The van der Waals surface area contributed by atoms with E-state index in [0.717, 1.165) is 19.3 Å². The third kappa shape index (κ3) is 3.46. The van der Waals surface area contributed by atoms with Crippen molar-refractivity contribution in [2.75, 3.05) is 25.9 Å². The molecule has 0 aliphatic heterocycles. The summed E-state index contributed by atoms with van der Waals surface area (Å²) in [6, 6.07) is 0. The summed E-state index contributed by atoms with van der Waals surface area (Å²) < 4.78 is 1.61. The maximum absolute atomic E-state index is 12.2. The van der Waals surface area contributed by atoms with Crippen LogP contribution in [0, 0.1) is 0 Å². The number of aromatic nitrogens is 2. The molecule has 6 heteroatoms. The SMILES string of the molecule is CCn1ncc(N)c1C(=O)N(C)CCCCCO. The van der Waals surface area contributed by atoms with Gasteiger partial charge in [-0.05, 0) is 26.2 Å². The number of nitrogens with two attached hydrogens (primary N) is 1. The summed E-state index contributed by atoms with van der Waals surface area (Å²) >= 11 is 0. The Morgan fingerprint density at radius 1 is 1.50 bits per heavy atom. The predicted octanol–water partition coefficient (Wildman–Crippen LogP) is 0.720. The number of hydrogen-bond acceptors (Lipinski definition) is 4. The lowest BCUT2D eigenvalue weighted by Crippen LogP contribution is -2.30. The molecule has 0 aliphatic rings. The summed E-state index contributed by atoms with van der Waals surface area (Å²) in [5.41, 5.74) is 6.65. The first-order chi connectivity index (χ1) is 8.61. The number of rotatable bonds is 7. The quantitative estimate of drug-likeness (QED) is 0.702. The Labute approximate surface area is 107 Å². The topological polar surface area (TPSA) is 84.4 Å². The molecule has 0 aliphatic carbocycles. The third-order valence-corrected chi connectivity index (χ3v) is 2.87. The van der Waals surface area contributed by atoms with Gasteiger partial charge in [-0.25, -0.2) is 0 Å². The summed E-state index contributed by atoms with van der Waals surface area (Å²) in [4.78, 5) is 13.9. The predicted molar refractivity (Wildman–Crippen MR) is 70.2 cm³/mol. The molecule has 0 saturated heterocycles. The van der Waals surface area contributed by atoms with Crippen LogP contribution in [0.25, 0.3) is 0 Å². The maximum atomic E-state index is 12.2. The molecule has 0 fully saturated rings. The zero-order valence-corrected chi connectivity index (χ0v) is 11.1. The molecular formula is C12H22N4O2. The van der Waals surface area contributed by atoms with Crippen molar-refractivity contribution in [1.29, 1.82) is 0 Å². The molecule has 6 nitrogen and oxygen atoms in total. The summed E-state index contributed by atoms with van der Waals surface area (Å²) in [5.74, 6) is -0.101. The van der Waals surface area contributed by atoms with Gasteiger partial charge in [-0.3, -0.25) is 9.48 Å². The Morgan fingerprint density at radius 3 is 2.83 bits per heavy atom. The second kappa shape index (κ2) is 7.00. The van der Waals surface area contributed by atoms with Gasteiger partial charge in [0.25, 0.3) is 5.91 Å². The van der Waals surface area contributed by atoms with E-state index < -0.39 is 0 Å². The number of nitrogens with zero attached hydrogens (tertiary/aromatic N) is 3. The number of aliphatic hydroxyl groups is 1. The van der Waals surface area contributed by atoms with Crippen LogP contribution < -0.4 is 5.73 Å². The number of hydrogen-bond donors (Lipinski definition) is 2. The number of carbonyl (C=O) groups excluding carboxylic acids is 1. The van der Waals surface area contributed by atoms with Crippen molar-refractivity contribution >= 4 is 11.6 Å². The van der Waals surface area contributed by atoms with Gasteiger partial charge < -0.3 is 15.7 Å². The number of carbonyl (C=O) groups is 1. The molecular weight excluding hydrogens is 232 g/mol. The highest BCUT2D eigenvalue weighted by Gasteiger charge is 2.19. The van der Waals surface area contributed by atoms with E-state index in [9.17, 15) is 4.79 Å². The van der Waals surface area contributed by atoms with Gasteiger partial charge in [0, 0.05) is 26.7 Å². The molecule has 0 bridgehead atoms. The first-order valence-corrected chi connectivity index (χ1v) is 6.29. The standard InChI is InChI=1S/C12H22N4O2/c1-3-16-11(10(13)9-14-16)12(18)15(2)7-5-4-6-8-17/h9,17H,3-8,13H2,1-2H3. The molecule has 18 heavy (non-hydrogen) atoms. The lowest BCUT2D eigenvalue weighted by atomic mass is 10.2. The molecule has 0 atom stereocenters. The Kier molecular flexibility index (Phi) is 5.64. The van der Waals surface area contributed by atoms with Crippen molar-refractivity contribution in [2.45, 2.75) is 32.7 Å². The van der Waals surface area contributed by atoms with Crippen LogP contribution in [-0.4, -0.2) is 45.9 Å². The van der Waals surface area contributed by atoms with Crippen LogP contribution in [0.5, 0.6) is 0 Å². The van der Waals surface area contributed by atoms with Gasteiger partial charge in [0.05, 0.1) is 11.9 Å². The van der Waals surface area contributed by atoms with Crippen LogP contribution in [0.2, 0.25) is 0 Å². The molecule has 1 aromatic heterocycles. The van der Waals surface area contributed by atoms with E-state index in [0.29, 0.717) is 24.5 Å². The summed E-state index contributed by atoms with van der Waals surface area (Å²) in [6.45, 7) is 3.40. The normalized spacial score (nSPS) is 10.6. The minimum atomic E-state index is -0.101. The summed E-state index contributed by atoms with van der Waals surface area (Å²) in [6.07, 6.45) is 4.08. The van der Waals surface area contributed by atoms with Crippen LogP contribution in [-0.2, 0) is 6.54 Å². The van der Waals surface area contributed by atoms with Crippen LogP contribution in [0.1, 0.15) is 36.7 Å². The van der Waals surface area contributed by atoms with E-state index in [4.69, 9.17) is 10.8 Å². The lowest BCUT2D eigenvalue weighted by Gasteiger charge is -2.17. The second-order valence-electron chi connectivity index (χ2n) is 4.28. The van der Waals surface area contributed by atoms with Crippen molar-refractivity contribution in [3.05, 3.63) is 11.9 Å². The van der Waals surface area contributed by atoms with E-state index in [1.807, 2.05) is 6.92 Å². The second-order valence-corrected chi connectivity index (χ2v) is 4.28. The molecule has 0 aromatic carbocycles. The van der Waals surface area contributed by atoms with Gasteiger partial charge in [-0.1, -0.05) is 0 Å². The van der Waals surface area contributed by atoms with Gasteiger partial charge in [0.2, 0.25) is 0 Å². The monoisotopic (exact) mass is 254 g/mol. The van der Waals surface area contributed by atoms with Crippen molar-refractivity contribution in [3.8, 4) is 0 Å². The highest BCUT2D eigenvalue weighted by Crippen LogP contribution is 2.13. The Bertz CT molecular complexity index is 389. The maximum Gasteiger partial charge on any atom is 0.274 e. The van der Waals surface area contributed by atoms with Crippen molar-refractivity contribution in [3.63, 3.8) is 0 Å². The Morgan fingerprint density at radius 2 is 2.22 bits per heavy atom. The van der Waals surface area contributed by atoms with E-state index in [-0.39, 0.29) is 12.5 Å². The molecule has 1 aromatic rings. The van der Waals surface area contributed by atoms with Crippen LogP contribution >= 0.6 is 0 Å². The van der Waals surface area contributed by atoms with E-state index in [1.165, 1.54) is 6.20 Å². The zero-order chi connectivity index (χ0) is 13.5. The van der Waals surface area contributed by atoms with Gasteiger partial charge >= 0.3 is 0 Å². The molecule has 0 radical (unpaired) electrons. The summed E-state index contributed by atoms with van der Waals surface area (Å²) in [5, 5.41) is 12.7. The Hall–Kier alpha value is -1.56. The number of unbranched alkanes of at least 4 members (excludes halogenated alkanes) is 2. The molecule has 1 heterocycles. The van der Waals surface area contributed by atoms with Gasteiger partial charge in [0.1, 0.15) is 5.69 Å².